The fourth-order valence-corrected chi connectivity index (χ4v) is 2.29. The Balaban J connectivity index is 1.64. The number of carbonyl (C=O) groups excluding carboxylic acids is 1. The van der Waals surface area contributed by atoms with Crippen LogP contribution in [0.2, 0.25) is 0 Å². The number of carbonyl (C=O) groups is 1. The van der Waals surface area contributed by atoms with Crippen LogP contribution in [0.4, 0.5) is 11.4 Å². The molecule has 0 aromatic heterocycles. The molecule has 0 aliphatic heterocycles. The number of hydrogen-bond acceptors (Lipinski definition) is 4. The van der Waals surface area contributed by atoms with Crippen LogP contribution in [0.25, 0.3) is 0 Å². The van der Waals surface area contributed by atoms with Gasteiger partial charge in [0.2, 0.25) is 0 Å². The van der Waals surface area contributed by atoms with E-state index in [0.717, 1.165) is 11.3 Å². The maximum atomic E-state index is 12.2. The third kappa shape index (κ3) is 4.24. The second-order valence-electron chi connectivity index (χ2n) is 5.70. The van der Waals surface area contributed by atoms with Gasteiger partial charge in [-0.3, -0.25) is 14.9 Å². The molecule has 0 fully saturated rings. The molecule has 1 N–H and O–H groups in total. The average molecular weight is 348 g/mol. The first kappa shape index (κ1) is 17.2. The molecule has 0 spiro atoms. The Bertz CT molecular complexity index is 918. The Morgan fingerprint density at radius 3 is 1.96 bits per heavy atom. The zero-order valence-corrected chi connectivity index (χ0v) is 14.0. The monoisotopic (exact) mass is 348 g/mol. The van der Waals surface area contributed by atoms with Crippen LogP contribution in [0.1, 0.15) is 15.9 Å². The lowest BCUT2D eigenvalue weighted by atomic mass is 10.2. The van der Waals surface area contributed by atoms with E-state index in [0.29, 0.717) is 17.0 Å². The minimum absolute atomic E-state index is 0.0563. The summed E-state index contributed by atoms with van der Waals surface area (Å²) in [7, 11) is 0. The molecular formula is C20H16N2O4. The van der Waals surface area contributed by atoms with Crippen LogP contribution in [0.3, 0.4) is 0 Å². The van der Waals surface area contributed by atoms with Crippen LogP contribution in [0.5, 0.6) is 11.5 Å². The van der Waals surface area contributed by atoms with Gasteiger partial charge in [0.05, 0.1) is 4.92 Å². The average Bonchev–Trinajstić information content (AvgIpc) is 2.65. The number of non-ortho nitro benzene ring substituents is 1. The van der Waals surface area contributed by atoms with Gasteiger partial charge >= 0.3 is 0 Å². The van der Waals surface area contributed by atoms with Gasteiger partial charge in [0.15, 0.2) is 0 Å². The molecule has 6 heteroatoms. The lowest BCUT2D eigenvalue weighted by Crippen LogP contribution is -2.11. The summed E-state index contributed by atoms with van der Waals surface area (Å²) in [6.07, 6.45) is 0. The van der Waals surface area contributed by atoms with Crippen LogP contribution >= 0.6 is 0 Å². The van der Waals surface area contributed by atoms with Crippen molar-refractivity contribution in [2.24, 2.45) is 0 Å². The smallest absolute Gasteiger partial charge is 0.269 e. The molecule has 0 atom stereocenters. The Kier molecular flexibility index (Phi) is 4.94. The number of nitrogens with zero attached hydrogens (tertiary/aromatic N) is 1. The van der Waals surface area contributed by atoms with Gasteiger partial charge in [-0.05, 0) is 55.5 Å². The van der Waals surface area contributed by atoms with Gasteiger partial charge in [0.1, 0.15) is 11.5 Å². The fourth-order valence-electron chi connectivity index (χ4n) is 2.29. The van der Waals surface area contributed by atoms with E-state index in [1.807, 2.05) is 31.2 Å². The number of aryl methyl sites for hydroxylation is 1. The molecule has 0 radical (unpaired) electrons. The third-order valence-electron chi connectivity index (χ3n) is 3.71. The summed E-state index contributed by atoms with van der Waals surface area (Å²) in [6.45, 7) is 2.01. The van der Waals surface area contributed by atoms with Crippen molar-refractivity contribution in [3.8, 4) is 11.5 Å². The molecule has 3 aromatic rings. The summed E-state index contributed by atoms with van der Waals surface area (Å²) in [4.78, 5) is 22.3. The normalized spacial score (nSPS) is 10.2. The SMILES string of the molecule is Cc1ccc(Oc2ccc(NC(=O)c3ccc([N+](=O)[O-])cc3)cc2)cc1. The van der Waals surface area contributed by atoms with Crippen molar-refractivity contribution in [1.29, 1.82) is 0 Å². The lowest BCUT2D eigenvalue weighted by molar-refractivity contribution is -0.384. The molecule has 0 bridgehead atoms. The first-order chi connectivity index (χ1) is 12.5. The standard InChI is InChI=1S/C20H16N2O4/c1-14-2-10-18(11-3-14)26-19-12-6-16(7-13-19)21-20(23)15-4-8-17(9-5-15)22(24)25/h2-13H,1H3,(H,21,23). The summed E-state index contributed by atoms with van der Waals surface area (Å²) >= 11 is 0. The van der Waals surface area contributed by atoms with Crippen molar-refractivity contribution in [3.63, 3.8) is 0 Å². The van der Waals surface area contributed by atoms with Crippen molar-refractivity contribution in [3.05, 3.63) is 94.0 Å². The molecule has 130 valence electrons. The number of hydrogen-bond donors (Lipinski definition) is 1. The van der Waals surface area contributed by atoms with E-state index in [4.69, 9.17) is 4.74 Å². The van der Waals surface area contributed by atoms with E-state index in [-0.39, 0.29) is 11.6 Å². The van der Waals surface area contributed by atoms with Gasteiger partial charge < -0.3 is 10.1 Å². The highest BCUT2D eigenvalue weighted by molar-refractivity contribution is 6.04. The van der Waals surface area contributed by atoms with Crippen molar-refractivity contribution >= 4 is 17.3 Å². The quantitative estimate of drug-likeness (QED) is 0.522. The summed E-state index contributed by atoms with van der Waals surface area (Å²) in [5, 5.41) is 13.4. The Hall–Kier alpha value is -3.67. The second kappa shape index (κ2) is 7.48. The van der Waals surface area contributed by atoms with Crippen LogP contribution in [-0.2, 0) is 0 Å². The van der Waals surface area contributed by atoms with E-state index >= 15 is 0 Å². The Labute approximate surface area is 150 Å². The maximum absolute atomic E-state index is 12.2. The fraction of sp³-hybridized carbons (Fsp3) is 0.0500. The summed E-state index contributed by atoms with van der Waals surface area (Å²) < 4.78 is 5.74. The van der Waals surface area contributed by atoms with Gasteiger partial charge in [-0.25, -0.2) is 0 Å². The minimum atomic E-state index is -0.505. The van der Waals surface area contributed by atoms with Crippen LogP contribution in [0.15, 0.2) is 72.8 Å². The number of rotatable bonds is 5. The molecule has 3 aromatic carbocycles. The van der Waals surface area contributed by atoms with E-state index < -0.39 is 4.92 Å². The van der Waals surface area contributed by atoms with E-state index in [2.05, 4.69) is 5.32 Å². The minimum Gasteiger partial charge on any atom is -0.457 e. The number of amides is 1. The zero-order chi connectivity index (χ0) is 18.5. The highest BCUT2D eigenvalue weighted by atomic mass is 16.6. The molecule has 0 aliphatic carbocycles. The molecule has 6 nitrogen and oxygen atoms in total. The first-order valence-corrected chi connectivity index (χ1v) is 7.92. The molecule has 0 saturated heterocycles. The largest absolute Gasteiger partial charge is 0.457 e. The van der Waals surface area contributed by atoms with Gasteiger partial charge in [-0.15, -0.1) is 0 Å². The maximum Gasteiger partial charge on any atom is 0.269 e. The predicted molar refractivity (Wildman–Crippen MR) is 98.7 cm³/mol. The number of nitro benzene ring substituents is 1. The molecule has 26 heavy (non-hydrogen) atoms. The topological polar surface area (TPSA) is 81.5 Å². The zero-order valence-electron chi connectivity index (χ0n) is 14.0. The van der Waals surface area contributed by atoms with Crippen LogP contribution in [-0.4, -0.2) is 10.8 Å². The third-order valence-corrected chi connectivity index (χ3v) is 3.71. The van der Waals surface area contributed by atoms with E-state index in [1.54, 1.807) is 24.3 Å². The number of nitro groups is 1. The van der Waals surface area contributed by atoms with Crippen molar-refractivity contribution in [1.82, 2.24) is 0 Å². The molecule has 1 amide bonds. The number of benzene rings is 3. The molecule has 0 aliphatic rings. The summed E-state index contributed by atoms with van der Waals surface area (Å²) in [6, 6.07) is 20.1. The number of anilines is 1. The molecule has 0 unspecified atom stereocenters. The highest BCUT2D eigenvalue weighted by Gasteiger charge is 2.09. The van der Waals surface area contributed by atoms with E-state index in [1.165, 1.54) is 24.3 Å². The van der Waals surface area contributed by atoms with E-state index in [9.17, 15) is 14.9 Å². The van der Waals surface area contributed by atoms with Crippen LogP contribution in [0, 0.1) is 17.0 Å². The lowest BCUT2D eigenvalue weighted by Gasteiger charge is -2.08. The van der Waals surface area contributed by atoms with Gasteiger partial charge in [-0.1, -0.05) is 17.7 Å². The number of nitrogens with one attached hydrogen (secondary N) is 1. The Morgan fingerprint density at radius 2 is 1.42 bits per heavy atom. The highest BCUT2D eigenvalue weighted by Crippen LogP contribution is 2.23. The molecular weight excluding hydrogens is 332 g/mol. The Morgan fingerprint density at radius 1 is 0.885 bits per heavy atom. The van der Waals surface area contributed by atoms with Crippen molar-refractivity contribution < 1.29 is 14.5 Å². The summed E-state index contributed by atoms with van der Waals surface area (Å²) in [5.74, 6) is 1.05. The second-order valence-corrected chi connectivity index (χ2v) is 5.70. The molecule has 3 rings (SSSR count). The number of ether oxygens (including phenoxy) is 1. The van der Waals surface area contributed by atoms with Gasteiger partial charge in [0, 0.05) is 23.4 Å². The van der Waals surface area contributed by atoms with Crippen LogP contribution < -0.4 is 10.1 Å². The predicted octanol–water partition coefficient (Wildman–Crippen LogP) is 4.95. The van der Waals surface area contributed by atoms with Crippen molar-refractivity contribution in [2.75, 3.05) is 5.32 Å². The van der Waals surface area contributed by atoms with Crippen molar-refractivity contribution in [2.45, 2.75) is 6.92 Å². The van der Waals surface area contributed by atoms with Gasteiger partial charge in [-0.2, -0.15) is 0 Å². The molecule has 0 heterocycles. The van der Waals surface area contributed by atoms with Gasteiger partial charge in [0.25, 0.3) is 11.6 Å². The first-order valence-electron chi connectivity index (χ1n) is 7.92. The summed E-state index contributed by atoms with van der Waals surface area (Å²) in [5.41, 5.74) is 2.04. The molecule has 0 saturated carbocycles.